The summed E-state index contributed by atoms with van der Waals surface area (Å²) in [6.45, 7) is 3.66. The largest absolute Gasteiger partial charge is 0.355 e. The highest BCUT2D eigenvalue weighted by molar-refractivity contribution is 7.91. The van der Waals surface area contributed by atoms with Gasteiger partial charge in [-0.05, 0) is 51.9 Å². The lowest BCUT2D eigenvalue weighted by molar-refractivity contribution is -0.124. The van der Waals surface area contributed by atoms with Crippen LogP contribution in [-0.4, -0.2) is 51.4 Å². The summed E-state index contributed by atoms with van der Waals surface area (Å²) >= 11 is 1.25. The lowest BCUT2D eigenvalue weighted by Gasteiger charge is -2.22. The van der Waals surface area contributed by atoms with Gasteiger partial charge in [0.15, 0.2) is 0 Å². The van der Waals surface area contributed by atoms with Crippen LogP contribution < -0.4 is 10.6 Å². The Hall–Kier alpha value is -0.670. The predicted octanol–water partition coefficient (Wildman–Crippen LogP) is 1.36. The first-order valence-electron chi connectivity index (χ1n) is 7.47. The number of halogens is 1. The van der Waals surface area contributed by atoms with E-state index in [1.165, 1.54) is 15.6 Å². The van der Waals surface area contributed by atoms with Crippen LogP contribution in [0.25, 0.3) is 0 Å². The summed E-state index contributed by atoms with van der Waals surface area (Å²) in [4.78, 5) is 13.2. The summed E-state index contributed by atoms with van der Waals surface area (Å²) in [6, 6.07) is 2.83. The summed E-state index contributed by atoms with van der Waals surface area (Å²) in [5.74, 6) is -0.189. The second-order valence-corrected chi connectivity index (χ2v) is 8.79. The maximum Gasteiger partial charge on any atom is 0.253 e. The van der Waals surface area contributed by atoms with Crippen LogP contribution in [0.5, 0.6) is 0 Å². The molecule has 1 fully saturated rings. The van der Waals surface area contributed by atoms with Crippen LogP contribution in [0.4, 0.5) is 0 Å². The van der Waals surface area contributed by atoms with Crippen molar-refractivity contribution in [3.05, 3.63) is 17.0 Å². The van der Waals surface area contributed by atoms with Crippen molar-refractivity contribution in [3.8, 4) is 0 Å². The summed E-state index contributed by atoms with van der Waals surface area (Å²) < 4.78 is 27.0. The molecule has 9 heteroatoms. The van der Waals surface area contributed by atoms with E-state index in [2.05, 4.69) is 10.6 Å². The third kappa shape index (κ3) is 4.90. The second kappa shape index (κ2) is 8.98. The lowest BCUT2D eigenvalue weighted by Crippen LogP contribution is -2.46. The molecule has 1 atom stereocenters. The summed E-state index contributed by atoms with van der Waals surface area (Å²) in [5, 5.41) is 5.85. The van der Waals surface area contributed by atoms with Crippen LogP contribution in [0.3, 0.4) is 0 Å². The van der Waals surface area contributed by atoms with E-state index in [0.29, 0.717) is 23.7 Å². The fourth-order valence-electron chi connectivity index (χ4n) is 2.55. The quantitative estimate of drug-likeness (QED) is 0.699. The monoisotopic (exact) mass is 381 g/mol. The molecule has 2 N–H and O–H groups in total. The summed E-state index contributed by atoms with van der Waals surface area (Å²) in [5.41, 5.74) is 0. The number of sulfonamides is 1. The van der Waals surface area contributed by atoms with E-state index >= 15 is 0 Å². The lowest BCUT2D eigenvalue weighted by atomic mass is 10.2. The average molecular weight is 382 g/mol. The van der Waals surface area contributed by atoms with Crippen LogP contribution in [0.15, 0.2) is 16.3 Å². The van der Waals surface area contributed by atoms with Crippen molar-refractivity contribution in [1.29, 1.82) is 0 Å². The van der Waals surface area contributed by atoms with Gasteiger partial charge in [0, 0.05) is 18.0 Å². The number of aryl methyl sites for hydroxylation is 1. The molecule has 1 aromatic heterocycles. The zero-order chi connectivity index (χ0) is 16.2. The normalized spacial score (nSPS) is 18.6. The highest BCUT2D eigenvalue weighted by Crippen LogP contribution is 2.30. The highest BCUT2D eigenvalue weighted by Gasteiger charge is 2.39. The molecular formula is C14H24ClN3O3S2. The van der Waals surface area contributed by atoms with Gasteiger partial charge in [-0.25, -0.2) is 8.42 Å². The van der Waals surface area contributed by atoms with Crippen LogP contribution in [0, 0.1) is 6.92 Å². The minimum Gasteiger partial charge on any atom is -0.355 e. The number of carbonyl (C=O) groups excluding carboxylic acids is 1. The van der Waals surface area contributed by atoms with Crippen LogP contribution >= 0.6 is 23.7 Å². The van der Waals surface area contributed by atoms with E-state index in [0.717, 1.165) is 24.3 Å². The molecule has 1 saturated heterocycles. The molecule has 1 aliphatic rings. The minimum absolute atomic E-state index is 0. The fraction of sp³-hybridized carbons (Fsp3) is 0.643. The van der Waals surface area contributed by atoms with Gasteiger partial charge in [-0.2, -0.15) is 4.31 Å². The van der Waals surface area contributed by atoms with Gasteiger partial charge < -0.3 is 10.6 Å². The second-order valence-electron chi connectivity index (χ2n) is 5.39. The van der Waals surface area contributed by atoms with E-state index < -0.39 is 16.1 Å². The molecule has 132 valence electrons. The van der Waals surface area contributed by atoms with Crippen LogP contribution in [-0.2, 0) is 14.8 Å². The average Bonchev–Trinajstić information content (AvgIpc) is 3.12. The Kier molecular flexibility index (Phi) is 7.96. The number of amides is 1. The molecule has 0 spiro atoms. The zero-order valence-electron chi connectivity index (χ0n) is 13.4. The number of nitrogens with zero attached hydrogens (tertiary/aromatic N) is 1. The Bertz CT molecular complexity index is 619. The maximum atomic E-state index is 12.7. The molecule has 23 heavy (non-hydrogen) atoms. The van der Waals surface area contributed by atoms with Gasteiger partial charge in [0.2, 0.25) is 5.91 Å². The van der Waals surface area contributed by atoms with Crippen molar-refractivity contribution in [2.75, 3.05) is 26.7 Å². The number of rotatable bonds is 7. The minimum atomic E-state index is -3.57. The SMILES string of the molecule is CNCCCNC(=O)C1CCCN1S(=O)(=O)c1ccc(C)s1.Cl. The van der Waals surface area contributed by atoms with Crippen molar-refractivity contribution in [2.45, 2.75) is 36.4 Å². The first kappa shape index (κ1) is 20.4. The zero-order valence-corrected chi connectivity index (χ0v) is 15.8. The summed E-state index contributed by atoms with van der Waals surface area (Å²) in [6.07, 6.45) is 2.13. The molecule has 0 bridgehead atoms. The Labute approximate surface area is 148 Å². The molecule has 1 unspecified atom stereocenters. The Morgan fingerprint density at radius 3 is 2.74 bits per heavy atom. The van der Waals surface area contributed by atoms with Gasteiger partial charge in [0.1, 0.15) is 10.3 Å². The van der Waals surface area contributed by atoms with Gasteiger partial charge >= 0.3 is 0 Å². The maximum absolute atomic E-state index is 12.7. The topological polar surface area (TPSA) is 78.5 Å². The van der Waals surface area contributed by atoms with Crippen LogP contribution in [0.2, 0.25) is 0 Å². The van der Waals surface area contributed by atoms with E-state index in [4.69, 9.17) is 0 Å². The van der Waals surface area contributed by atoms with Crippen molar-refractivity contribution in [1.82, 2.24) is 14.9 Å². The Balaban J connectivity index is 0.00000264. The molecule has 6 nitrogen and oxygen atoms in total. The fourth-order valence-corrected chi connectivity index (χ4v) is 5.62. The predicted molar refractivity (Wildman–Crippen MR) is 94.8 cm³/mol. The molecule has 1 aliphatic heterocycles. The number of hydrogen-bond acceptors (Lipinski definition) is 5. The summed E-state index contributed by atoms with van der Waals surface area (Å²) in [7, 11) is -1.71. The molecule has 0 aromatic carbocycles. The smallest absolute Gasteiger partial charge is 0.253 e. The van der Waals surface area contributed by atoms with E-state index in [9.17, 15) is 13.2 Å². The van der Waals surface area contributed by atoms with Gasteiger partial charge in [0.25, 0.3) is 10.0 Å². The highest BCUT2D eigenvalue weighted by atomic mass is 35.5. The van der Waals surface area contributed by atoms with Crippen molar-refractivity contribution >= 4 is 39.7 Å². The third-order valence-electron chi connectivity index (χ3n) is 3.69. The molecule has 0 aliphatic carbocycles. The van der Waals surface area contributed by atoms with E-state index in [1.807, 2.05) is 14.0 Å². The molecule has 0 radical (unpaired) electrons. The molecule has 1 amide bonds. The first-order chi connectivity index (χ1) is 10.5. The van der Waals surface area contributed by atoms with Gasteiger partial charge in [-0.1, -0.05) is 0 Å². The number of nitrogens with one attached hydrogen (secondary N) is 2. The van der Waals surface area contributed by atoms with Gasteiger partial charge in [-0.3, -0.25) is 4.79 Å². The molecule has 2 rings (SSSR count). The Morgan fingerprint density at radius 2 is 2.13 bits per heavy atom. The number of thiophene rings is 1. The third-order valence-corrected chi connectivity index (χ3v) is 7.06. The number of hydrogen-bond donors (Lipinski definition) is 2. The molecular weight excluding hydrogens is 358 g/mol. The standard InChI is InChI=1S/C14H23N3O3S2.ClH/c1-11-6-7-13(21-11)22(19,20)17-10-3-5-12(17)14(18)16-9-4-8-15-2;/h6-7,12,15H,3-5,8-10H2,1-2H3,(H,16,18);1H. The number of carbonyl (C=O) groups is 1. The Morgan fingerprint density at radius 1 is 1.39 bits per heavy atom. The van der Waals surface area contributed by atoms with Crippen LogP contribution in [0.1, 0.15) is 24.1 Å². The molecule has 2 heterocycles. The van der Waals surface area contributed by atoms with Gasteiger partial charge in [0.05, 0.1) is 0 Å². The molecule has 1 aromatic rings. The van der Waals surface area contributed by atoms with Gasteiger partial charge in [-0.15, -0.1) is 23.7 Å². The van der Waals surface area contributed by atoms with E-state index in [-0.39, 0.29) is 18.3 Å². The van der Waals surface area contributed by atoms with Crippen molar-refractivity contribution < 1.29 is 13.2 Å². The molecule has 0 saturated carbocycles. The van der Waals surface area contributed by atoms with E-state index in [1.54, 1.807) is 12.1 Å². The van der Waals surface area contributed by atoms with Crippen molar-refractivity contribution in [3.63, 3.8) is 0 Å². The first-order valence-corrected chi connectivity index (χ1v) is 9.73. The van der Waals surface area contributed by atoms with Crippen molar-refractivity contribution in [2.24, 2.45) is 0 Å².